The molecule has 0 fully saturated rings. The van der Waals surface area contributed by atoms with Crippen molar-refractivity contribution in [1.82, 2.24) is 8.96 Å². The van der Waals surface area contributed by atoms with Crippen LogP contribution in [-0.2, 0) is 11.2 Å². The fourth-order valence-electron chi connectivity index (χ4n) is 4.99. The molecule has 0 aliphatic heterocycles. The summed E-state index contributed by atoms with van der Waals surface area (Å²) in [7, 11) is 1.57. The molecule has 7 heteroatoms. The van der Waals surface area contributed by atoms with Crippen molar-refractivity contribution in [3.05, 3.63) is 137 Å². The summed E-state index contributed by atoms with van der Waals surface area (Å²) in [6.45, 7) is 8.48. The van der Waals surface area contributed by atoms with Gasteiger partial charge in [0.2, 0.25) is 0 Å². The molecular formula is C33H26FN3OS2. The number of nitrogens with zero attached hydrogens (tertiary/aromatic N) is 3. The fraction of sp³-hybridized carbons (Fsp3) is 0.0909. The van der Waals surface area contributed by atoms with Gasteiger partial charge in [-0.15, -0.1) is 3.89 Å². The Balaban J connectivity index is 1.50. The van der Waals surface area contributed by atoms with Gasteiger partial charge in [0.1, 0.15) is 21.5 Å². The molecule has 0 atom stereocenters. The van der Waals surface area contributed by atoms with Crippen molar-refractivity contribution in [3.63, 3.8) is 0 Å². The number of methoxy groups -OCH3 is 1. The first-order chi connectivity index (χ1) is 19.6. The molecule has 0 radical (unpaired) electrons. The largest absolute Gasteiger partial charge is 0.495 e. The van der Waals surface area contributed by atoms with Crippen molar-refractivity contribution in [2.75, 3.05) is 7.11 Å². The molecule has 0 saturated heterocycles. The lowest BCUT2D eigenvalue weighted by Gasteiger charge is -2.12. The summed E-state index contributed by atoms with van der Waals surface area (Å²) in [5.74, 6) is 0.412. The van der Waals surface area contributed by atoms with Crippen molar-refractivity contribution in [1.29, 1.82) is 0 Å². The van der Waals surface area contributed by atoms with Crippen LogP contribution in [0.5, 0.6) is 0 Å². The van der Waals surface area contributed by atoms with Crippen molar-refractivity contribution in [2.24, 2.45) is 4.99 Å². The van der Waals surface area contributed by atoms with Crippen molar-refractivity contribution in [2.45, 2.75) is 12.8 Å². The number of hydrogen-bond acceptors (Lipinski definition) is 5. The molecule has 5 aromatic rings. The lowest BCUT2D eigenvalue weighted by molar-refractivity contribution is 0.370. The van der Waals surface area contributed by atoms with Gasteiger partial charge in [0, 0.05) is 39.4 Å². The number of aromatic nitrogens is 2. The molecule has 2 aromatic heterocycles. The van der Waals surface area contributed by atoms with E-state index in [9.17, 15) is 3.89 Å². The number of allylic oxidation sites excluding steroid dienone is 1. The molecule has 0 amide bonds. The highest BCUT2D eigenvalue weighted by Gasteiger charge is 2.23. The Hall–Kier alpha value is -4.20. The topological polar surface area (TPSA) is 39.4 Å². The van der Waals surface area contributed by atoms with E-state index in [1.165, 1.54) is 16.9 Å². The third-order valence-corrected chi connectivity index (χ3v) is 8.46. The van der Waals surface area contributed by atoms with Crippen molar-refractivity contribution in [3.8, 4) is 0 Å². The average molecular weight is 564 g/mol. The Morgan fingerprint density at radius 2 is 1.73 bits per heavy atom. The quantitative estimate of drug-likeness (QED) is 0.139. The Morgan fingerprint density at radius 3 is 2.38 bits per heavy atom. The number of benzene rings is 3. The maximum absolute atomic E-state index is 14.2. The van der Waals surface area contributed by atoms with E-state index >= 15 is 0 Å². The molecule has 0 bridgehead atoms. The van der Waals surface area contributed by atoms with E-state index in [4.69, 9.17) is 14.7 Å². The van der Waals surface area contributed by atoms with E-state index in [1.54, 1.807) is 17.3 Å². The van der Waals surface area contributed by atoms with E-state index in [-0.39, 0.29) is 12.3 Å². The second-order valence-corrected chi connectivity index (χ2v) is 10.9. The van der Waals surface area contributed by atoms with Gasteiger partial charge in [0.15, 0.2) is 12.3 Å². The minimum Gasteiger partial charge on any atom is -0.495 e. The van der Waals surface area contributed by atoms with Gasteiger partial charge in [-0.1, -0.05) is 109 Å². The third-order valence-electron chi connectivity index (χ3n) is 7.01. The Morgan fingerprint density at radius 1 is 1.02 bits per heavy atom. The average Bonchev–Trinajstić information content (AvgIpc) is 3.62. The van der Waals surface area contributed by atoms with Crippen LogP contribution in [0.1, 0.15) is 44.9 Å². The standard InChI is InChI=1S/C33H26FN3OS2/c1-21(28-20-37(40-34)31-26-17-11-10-12-23(26)18-19-27(28)31)32-35-29(22(2)38-3)33(39-32)36-30(24-13-6-4-7-14-24)25-15-8-5-9-16-25/h4-9,11,13-20H,1-2,10,12H2,3H3. The molecule has 0 N–H and O–H groups in total. The zero-order valence-corrected chi connectivity index (χ0v) is 23.6. The highest BCUT2D eigenvalue weighted by molar-refractivity contribution is 7.92. The lowest BCUT2D eigenvalue weighted by Crippen LogP contribution is -2.02. The van der Waals surface area contributed by atoms with Gasteiger partial charge in [-0.25, -0.2) is 9.98 Å². The predicted molar refractivity (Wildman–Crippen MR) is 168 cm³/mol. The van der Waals surface area contributed by atoms with Crippen LogP contribution in [0.4, 0.5) is 8.89 Å². The number of halogens is 1. The number of thiazole rings is 1. The van der Waals surface area contributed by atoms with Gasteiger partial charge in [0.05, 0.1) is 18.3 Å². The summed E-state index contributed by atoms with van der Waals surface area (Å²) in [5, 5.41) is 2.26. The van der Waals surface area contributed by atoms with Crippen LogP contribution >= 0.6 is 23.7 Å². The molecule has 1 aliphatic carbocycles. The van der Waals surface area contributed by atoms with Crippen LogP contribution in [0.15, 0.2) is 103 Å². The molecule has 2 heterocycles. The number of ether oxygens (including phenoxy) is 1. The number of aryl methyl sites for hydroxylation is 1. The van der Waals surface area contributed by atoms with Crippen LogP contribution in [0.3, 0.4) is 0 Å². The van der Waals surface area contributed by atoms with E-state index < -0.39 is 0 Å². The summed E-state index contributed by atoms with van der Waals surface area (Å²) in [4.78, 5) is 10.0. The second-order valence-electron chi connectivity index (χ2n) is 9.38. The van der Waals surface area contributed by atoms with Crippen LogP contribution in [0, 0.1) is 0 Å². The van der Waals surface area contributed by atoms with Crippen LogP contribution in [-0.4, -0.2) is 21.8 Å². The summed E-state index contributed by atoms with van der Waals surface area (Å²) in [6.07, 6.45) is 7.97. The lowest BCUT2D eigenvalue weighted by atomic mass is 9.94. The normalized spacial score (nSPS) is 12.2. The van der Waals surface area contributed by atoms with Crippen molar-refractivity contribution >= 4 is 62.7 Å². The van der Waals surface area contributed by atoms with Gasteiger partial charge >= 0.3 is 0 Å². The van der Waals surface area contributed by atoms with Crippen molar-refractivity contribution < 1.29 is 8.62 Å². The molecule has 40 heavy (non-hydrogen) atoms. The second kappa shape index (κ2) is 11.1. The van der Waals surface area contributed by atoms with Gasteiger partial charge in [0.25, 0.3) is 0 Å². The SMILES string of the molecule is C=C(OC)c1nc(C(=C)c2cn(SF)c3c4c(ccc23)CCC=C4)sc1N=C(c1ccccc1)c1ccccc1. The molecule has 0 saturated carbocycles. The molecule has 1 aliphatic rings. The van der Waals surface area contributed by atoms with Gasteiger partial charge in [-0.2, -0.15) is 0 Å². The number of fused-ring (bicyclic) bond motifs is 3. The Bertz CT molecular complexity index is 1760. The molecule has 0 spiro atoms. The summed E-state index contributed by atoms with van der Waals surface area (Å²) < 4.78 is 21.2. The highest BCUT2D eigenvalue weighted by Crippen LogP contribution is 2.42. The number of hydrogen-bond donors (Lipinski definition) is 0. The van der Waals surface area contributed by atoms with E-state index in [1.807, 2.05) is 60.7 Å². The zero-order chi connectivity index (χ0) is 27.6. The maximum atomic E-state index is 14.2. The molecule has 3 aromatic carbocycles. The Kier molecular flexibility index (Phi) is 7.24. The molecule has 4 nitrogen and oxygen atoms in total. The van der Waals surface area contributed by atoms with E-state index in [0.29, 0.717) is 27.0 Å². The van der Waals surface area contributed by atoms with Gasteiger partial charge < -0.3 is 4.74 Å². The van der Waals surface area contributed by atoms with E-state index in [0.717, 1.165) is 51.7 Å². The van der Waals surface area contributed by atoms with Gasteiger partial charge in [-0.3, -0.25) is 3.97 Å². The monoisotopic (exact) mass is 563 g/mol. The van der Waals surface area contributed by atoms with Crippen LogP contribution in [0.25, 0.3) is 28.3 Å². The first-order valence-electron chi connectivity index (χ1n) is 12.8. The number of rotatable bonds is 8. The highest BCUT2D eigenvalue weighted by atomic mass is 32.2. The smallest absolute Gasteiger partial charge is 0.169 e. The Labute approximate surface area is 241 Å². The first-order valence-corrected chi connectivity index (χ1v) is 14.3. The number of aliphatic imine (C=N–C) groups is 1. The third kappa shape index (κ3) is 4.72. The fourth-order valence-corrected chi connectivity index (χ4v) is 6.35. The van der Waals surface area contributed by atoms with Crippen LogP contribution < -0.4 is 0 Å². The minimum absolute atomic E-state index is 0.194. The summed E-state index contributed by atoms with van der Waals surface area (Å²) in [5.41, 5.74) is 7.98. The molecule has 198 valence electrons. The van der Waals surface area contributed by atoms with E-state index in [2.05, 4.69) is 37.4 Å². The van der Waals surface area contributed by atoms with Crippen LogP contribution in [0.2, 0.25) is 0 Å². The molecular weight excluding hydrogens is 538 g/mol. The van der Waals surface area contributed by atoms with Gasteiger partial charge in [-0.05, 0) is 18.4 Å². The zero-order valence-electron chi connectivity index (χ0n) is 21.9. The summed E-state index contributed by atoms with van der Waals surface area (Å²) in [6, 6.07) is 24.3. The molecule has 6 rings (SSSR count). The maximum Gasteiger partial charge on any atom is 0.169 e. The minimum atomic E-state index is 0.194. The molecule has 0 unspecified atom stereocenters. The first kappa shape index (κ1) is 26.0. The summed E-state index contributed by atoms with van der Waals surface area (Å²) >= 11 is 1.61. The predicted octanol–water partition coefficient (Wildman–Crippen LogP) is 9.29.